The summed E-state index contributed by atoms with van der Waals surface area (Å²) in [5.41, 5.74) is 0.712. The number of fused-ring (bicyclic) bond motifs is 1. The van der Waals surface area contributed by atoms with Crippen LogP contribution in [0, 0.1) is 12.8 Å². The van der Waals surface area contributed by atoms with Gasteiger partial charge in [0.2, 0.25) is 6.29 Å². The fourth-order valence-electron chi connectivity index (χ4n) is 6.82. The van der Waals surface area contributed by atoms with E-state index in [4.69, 9.17) is 9.47 Å². The summed E-state index contributed by atoms with van der Waals surface area (Å²) in [5.74, 6) is -3.16. The van der Waals surface area contributed by atoms with Gasteiger partial charge in [-0.2, -0.15) is 0 Å². The van der Waals surface area contributed by atoms with Crippen LogP contribution in [-0.4, -0.2) is 84.3 Å². The highest BCUT2D eigenvalue weighted by Crippen LogP contribution is 2.46. The van der Waals surface area contributed by atoms with E-state index in [0.717, 1.165) is 36.1 Å². The number of carboxylic acids is 1. The molecule has 4 aromatic carbocycles. The Balaban J connectivity index is 1.47. The van der Waals surface area contributed by atoms with Crippen molar-refractivity contribution in [2.45, 2.75) is 89.5 Å². The van der Waals surface area contributed by atoms with Crippen LogP contribution in [0.3, 0.4) is 0 Å². The van der Waals surface area contributed by atoms with Gasteiger partial charge in [0, 0.05) is 17.4 Å². The fraction of sp³-hybridized carbons (Fsp3) is 0.400. The number of carbonyl (C=O) groups excluding carboxylic acids is 1. The summed E-state index contributed by atoms with van der Waals surface area (Å²) in [5, 5.41) is 75.9. The first-order valence-corrected chi connectivity index (χ1v) is 17.2. The number of aromatic hydroxyl groups is 2. The highest BCUT2D eigenvalue weighted by molar-refractivity contribution is 6.11. The van der Waals surface area contributed by atoms with Crippen LogP contribution in [-0.2, 0) is 24.0 Å². The standard InChI is InChI=1S/C40H46O11/c1-22(2)17-18-40(49)31(21-41)51-39(36(45)37(40)46)50-30-20-27(38(47)48)19-28-33(30)35(44)32(23(3)34(28)43)29(42)16-15-26-12-8-7-11-25(26)14-13-24-9-5-4-6-10-24/h4-12,19-20,22,31,36-37,39,41,43-46,49H,13-18,21H2,1-3H3,(H,47,48)/t31-,36-,37-,39+,40-/m1/s1. The van der Waals surface area contributed by atoms with E-state index < -0.39 is 60.1 Å². The smallest absolute Gasteiger partial charge is 0.335 e. The zero-order chi connectivity index (χ0) is 37.0. The topological polar surface area (TPSA) is 194 Å². The quantitative estimate of drug-likeness (QED) is 0.0702. The molecular formula is C40H46O11. The van der Waals surface area contributed by atoms with Gasteiger partial charge in [0.05, 0.1) is 23.1 Å². The minimum Gasteiger partial charge on any atom is -0.507 e. The third-order valence-corrected chi connectivity index (χ3v) is 9.85. The summed E-state index contributed by atoms with van der Waals surface area (Å²) in [7, 11) is 0. The van der Waals surface area contributed by atoms with Crippen molar-refractivity contribution in [2.24, 2.45) is 5.92 Å². The number of hydrogen-bond donors (Lipinski definition) is 7. The molecule has 0 spiro atoms. The number of benzene rings is 4. The number of aromatic carboxylic acids is 1. The number of carboxylic acid groups (broad SMARTS) is 1. The van der Waals surface area contributed by atoms with Crippen LogP contribution in [0.2, 0.25) is 0 Å². The SMILES string of the molecule is Cc1c(C(=O)CCc2ccccc2CCc2ccccc2)c(O)c2c(O[C@H]3O[C@H](CO)[C@](O)(CCC(C)C)[C@H](O)[C@H]3O)cc(C(=O)O)cc2c1O. The summed E-state index contributed by atoms with van der Waals surface area (Å²) in [4.78, 5) is 25.9. The van der Waals surface area contributed by atoms with Crippen LogP contribution < -0.4 is 4.74 Å². The molecule has 7 N–H and O–H groups in total. The molecule has 0 radical (unpaired) electrons. The number of ketones is 1. The van der Waals surface area contributed by atoms with Crippen LogP contribution >= 0.6 is 0 Å². The number of aryl methyl sites for hydroxylation is 3. The van der Waals surface area contributed by atoms with E-state index in [2.05, 4.69) is 12.1 Å². The molecule has 0 bridgehead atoms. The summed E-state index contributed by atoms with van der Waals surface area (Å²) in [6, 6.07) is 20.0. The molecule has 0 saturated carbocycles. The van der Waals surface area contributed by atoms with Gasteiger partial charge in [0.1, 0.15) is 41.2 Å². The van der Waals surface area contributed by atoms with Crippen molar-refractivity contribution in [3.63, 3.8) is 0 Å². The number of aliphatic hydroxyl groups excluding tert-OH is 3. The monoisotopic (exact) mass is 702 g/mol. The second-order valence-corrected chi connectivity index (χ2v) is 13.7. The molecule has 0 aromatic heterocycles. The van der Waals surface area contributed by atoms with Gasteiger partial charge < -0.3 is 45.2 Å². The Morgan fingerprint density at radius 2 is 1.57 bits per heavy atom. The van der Waals surface area contributed by atoms with Gasteiger partial charge in [-0.15, -0.1) is 0 Å². The Morgan fingerprint density at radius 1 is 0.922 bits per heavy atom. The van der Waals surface area contributed by atoms with Crippen LogP contribution in [0.25, 0.3) is 10.8 Å². The number of aliphatic hydroxyl groups is 4. The van der Waals surface area contributed by atoms with Gasteiger partial charge in [-0.25, -0.2) is 4.79 Å². The van der Waals surface area contributed by atoms with E-state index in [-0.39, 0.29) is 52.0 Å². The molecule has 0 amide bonds. The maximum atomic E-state index is 13.8. The molecule has 5 rings (SSSR count). The summed E-state index contributed by atoms with van der Waals surface area (Å²) in [6.45, 7) is 4.52. The molecule has 1 aliphatic heterocycles. The molecule has 11 heteroatoms. The van der Waals surface area contributed by atoms with Crippen molar-refractivity contribution in [1.82, 2.24) is 0 Å². The summed E-state index contributed by atoms with van der Waals surface area (Å²) < 4.78 is 11.7. The second-order valence-electron chi connectivity index (χ2n) is 13.7. The highest BCUT2D eigenvalue weighted by atomic mass is 16.7. The predicted octanol–water partition coefficient (Wildman–Crippen LogP) is 4.84. The first-order valence-electron chi connectivity index (χ1n) is 17.2. The Hall–Kier alpha value is -4.52. The van der Waals surface area contributed by atoms with Crippen LogP contribution in [0.15, 0.2) is 66.7 Å². The average Bonchev–Trinajstić information content (AvgIpc) is 3.12. The molecule has 11 nitrogen and oxygen atoms in total. The van der Waals surface area contributed by atoms with E-state index in [1.54, 1.807) is 0 Å². The van der Waals surface area contributed by atoms with Crippen molar-refractivity contribution in [2.75, 3.05) is 6.61 Å². The van der Waals surface area contributed by atoms with Gasteiger partial charge >= 0.3 is 5.97 Å². The first kappa shape index (κ1) is 37.7. The minimum absolute atomic E-state index is 0.00478. The second kappa shape index (κ2) is 15.8. The highest BCUT2D eigenvalue weighted by Gasteiger charge is 2.55. The van der Waals surface area contributed by atoms with Crippen LogP contribution in [0.5, 0.6) is 17.2 Å². The number of Topliss-reactive ketones (excluding diaryl/α,β-unsaturated/α-hetero) is 1. The minimum atomic E-state index is -2.03. The number of phenolic OH excluding ortho intramolecular Hbond substituents is 2. The zero-order valence-corrected chi connectivity index (χ0v) is 29.0. The third-order valence-electron chi connectivity index (χ3n) is 9.85. The van der Waals surface area contributed by atoms with Crippen molar-refractivity contribution >= 4 is 22.5 Å². The lowest BCUT2D eigenvalue weighted by Gasteiger charge is -2.48. The Bertz CT molecular complexity index is 1870. The molecule has 1 fully saturated rings. The Morgan fingerprint density at radius 3 is 2.20 bits per heavy atom. The van der Waals surface area contributed by atoms with E-state index >= 15 is 0 Å². The van der Waals surface area contributed by atoms with Crippen molar-refractivity contribution in [3.05, 3.63) is 100 Å². The van der Waals surface area contributed by atoms with E-state index in [1.807, 2.05) is 56.3 Å². The molecule has 1 aliphatic rings. The van der Waals surface area contributed by atoms with Gasteiger partial charge in [0.25, 0.3) is 0 Å². The maximum Gasteiger partial charge on any atom is 0.335 e. The molecule has 0 unspecified atom stereocenters. The van der Waals surface area contributed by atoms with Gasteiger partial charge in [-0.05, 0) is 73.8 Å². The lowest BCUT2D eigenvalue weighted by Crippen LogP contribution is -2.67. The normalized spacial score (nSPS) is 22.0. The maximum absolute atomic E-state index is 13.8. The summed E-state index contributed by atoms with van der Waals surface area (Å²) in [6.07, 6.45) is -4.51. The number of rotatable bonds is 14. The number of carbonyl (C=O) groups is 2. The number of hydrogen-bond acceptors (Lipinski definition) is 10. The average molecular weight is 703 g/mol. The van der Waals surface area contributed by atoms with Gasteiger partial charge in [-0.1, -0.05) is 68.4 Å². The number of ether oxygens (including phenoxy) is 2. The molecule has 272 valence electrons. The number of phenols is 2. The molecular weight excluding hydrogens is 656 g/mol. The van der Waals surface area contributed by atoms with Crippen molar-refractivity contribution < 1.29 is 54.8 Å². The molecule has 51 heavy (non-hydrogen) atoms. The molecule has 0 aliphatic carbocycles. The lowest BCUT2D eigenvalue weighted by atomic mass is 9.79. The van der Waals surface area contributed by atoms with Gasteiger partial charge in [-0.3, -0.25) is 4.79 Å². The summed E-state index contributed by atoms with van der Waals surface area (Å²) >= 11 is 0. The lowest BCUT2D eigenvalue weighted by molar-refractivity contribution is -0.315. The van der Waals surface area contributed by atoms with E-state index in [1.165, 1.54) is 12.5 Å². The largest absolute Gasteiger partial charge is 0.507 e. The fourth-order valence-corrected chi connectivity index (χ4v) is 6.82. The molecule has 1 saturated heterocycles. The predicted molar refractivity (Wildman–Crippen MR) is 189 cm³/mol. The molecule has 1 heterocycles. The zero-order valence-electron chi connectivity index (χ0n) is 29.0. The molecule has 4 aromatic rings. The van der Waals surface area contributed by atoms with Crippen molar-refractivity contribution in [1.29, 1.82) is 0 Å². The Labute approximate surface area is 296 Å². The van der Waals surface area contributed by atoms with E-state index in [9.17, 15) is 45.3 Å². The van der Waals surface area contributed by atoms with E-state index in [0.29, 0.717) is 12.8 Å². The van der Waals surface area contributed by atoms with Crippen LogP contribution in [0.4, 0.5) is 0 Å². The van der Waals surface area contributed by atoms with Crippen molar-refractivity contribution in [3.8, 4) is 17.2 Å². The first-order chi connectivity index (χ1) is 24.3. The third kappa shape index (κ3) is 7.88. The molecule has 5 atom stereocenters. The van der Waals surface area contributed by atoms with Gasteiger partial charge in [0.15, 0.2) is 5.78 Å². The van der Waals surface area contributed by atoms with Crippen LogP contribution in [0.1, 0.15) is 76.1 Å². The Kier molecular flexibility index (Phi) is 11.7.